The van der Waals surface area contributed by atoms with Gasteiger partial charge in [-0.15, -0.1) is 0 Å². The molecule has 0 aliphatic heterocycles. The van der Waals surface area contributed by atoms with Gasteiger partial charge in [0, 0.05) is 23.3 Å². The van der Waals surface area contributed by atoms with Crippen molar-refractivity contribution in [2.24, 2.45) is 0 Å². The van der Waals surface area contributed by atoms with Crippen molar-refractivity contribution in [2.45, 2.75) is 0 Å². The Morgan fingerprint density at radius 2 is 1.53 bits per heavy atom. The number of ether oxygens (including phenoxy) is 1. The molecule has 0 spiro atoms. The average Bonchev–Trinajstić information content (AvgIpc) is 2.77. The number of phenolic OH excluding ortho intramolecular Hbond substituents is 4. The normalized spacial score (nSPS) is 10.3. The van der Waals surface area contributed by atoms with Crippen LogP contribution >= 0.6 is 0 Å². The molecule has 9 nitrogen and oxygen atoms in total. The highest BCUT2D eigenvalue weighted by molar-refractivity contribution is 5.88. The number of aldehydes is 1. The Bertz CT molecular complexity index is 1340. The summed E-state index contributed by atoms with van der Waals surface area (Å²) in [6.07, 6.45) is 0.696. The fourth-order valence-corrected chi connectivity index (χ4v) is 2.85. The summed E-state index contributed by atoms with van der Waals surface area (Å²) in [6, 6.07) is 12.2. The molecule has 9 heteroatoms. The molecule has 32 heavy (non-hydrogen) atoms. The van der Waals surface area contributed by atoms with E-state index in [-0.39, 0.29) is 34.0 Å². The minimum Gasteiger partial charge on any atom is -0.508 e. The van der Waals surface area contributed by atoms with Crippen molar-refractivity contribution in [3.8, 4) is 45.8 Å². The summed E-state index contributed by atoms with van der Waals surface area (Å²) in [4.78, 5) is 22.4. The number of phenols is 4. The molecule has 4 aromatic rings. The van der Waals surface area contributed by atoms with Crippen molar-refractivity contribution in [2.75, 3.05) is 7.11 Å². The van der Waals surface area contributed by atoms with Gasteiger partial charge in [0.2, 0.25) is 11.2 Å². The minimum atomic E-state index is -0.808. The zero-order chi connectivity index (χ0) is 23.4. The van der Waals surface area contributed by atoms with Gasteiger partial charge in [0.25, 0.3) is 0 Å². The van der Waals surface area contributed by atoms with Gasteiger partial charge >= 0.3 is 0 Å². The van der Waals surface area contributed by atoms with E-state index >= 15 is 0 Å². The number of carbonyl (C=O) groups excluding carboxylic acids is 1. The molecule has 164 valence electrons. The fraction of sp³-hybridized carbons (Fsp3) is 0.0435. The minimum absolute atomic E-state index is 0.0247. The van der Waals surface area contributed by atoms with Gasteiger partial charge in [0.1, 0.15) is 34.5 Å². The molecule has 5 N–H and O–H groups in total. The van der Waals surface area contributed by atoms with Crippen LogP contribution in [0.3, 0.4) is 0 Å². The van der Waals surface area contributed by atoms with Crippen LogP contribution in [0.2, 0.25) is 0 Å². The lowest BCUT2D eigenvalue weighted by Gasteiger charge is -2.07. The van der Waals surface area contributed by atoms with Gasteiger partial charge < -0.3 is 34.7 Å². The Balaban J connectivity index is 0.000000222. The van der Waals surface area contributed by atoms with Crippen LogP contribution in [-0.2, 0) is 0 Å². The van der Waals surface area contributed by atoms with E-state index in [1.165, 1.54) is 55.6 Å². The molecule has 0 fully saturated rings. The molecule has 0 unspecified atom stereocenters. The molecule has 3 aromatic carbocycles. The number of rotatable bonds is 3. The van der Waals surface area contributed by atoms with Crippen LogP contribution in [0.5, 0.6) is 34.5 Å². The van der Waals surface area contributed by atoms with Crippen LogP contribution in [0.25, 0.3) is 22.3 Å². The molecule has 0 atom stereocenters. The molecule has 1 aromatic heterocycles. The van der Waals surface area contributed by atoms with Crippen molar-refractivity contribution >= 4 is 17.3 Å². The number of benzene rings is 3. The lowest BCUT2D eigenvalue weighted by Crippen LogP contribution is -2.02. The standard InChI is InChI=1S/C15H10O6.C8H8O3/c16-8-3-1-7(2-4-8)15-14(20)13(19)12-10(18)5-9(17)6-11(12)21-15;1-11-8-4-6(5-9)2-3-7(8)10/h1-6,16-18,20H;2-5,10H,1H3. The highest BCUT2D eigenvalue weighted by Gasteiger charge is 2.18. The van der Waals surface area contributed by atoms with Gasteiger partial charge in [0.05, 0.1) is 7.11 Å². The first kappa shape index (κ1) is 22.0. The molecule has 4 rings (SSSR count). The number of fused-ring (bicyclic) bond motifs is 1. The number of methoxy groups -OCH3 is 1. The number of hydrogen-bond acceptors (Lipinski definition) is 9. The molecular formula is C23H18O9. The van der Waals surface area contributed by atoms with Crippen LogP contribution in [0.4, 0.5) is 0 Å². The van der Waals surface area contributed by atoms with Gasteiger partial charge in [-0.25, -0.2) is 0 Å². The molecular weight excluding hydrogens is 420 g/mol. The highest BCUT2D eigenvalue weighted by Crippen LogP contribution is 2.35. The molecule has 0 amide bonds. The SMILES string of the molecule is COc1cc(C=O)ccc1O.O=c1c(O)c(-c2ccc(O)cc2)oc2cc(O)cc(O)c12. The summed E-state index contributed by atoms with van der Waals surface area (Å²) in [5.41, 5.74) is -0.0121. The topological polar surface area (TPSA) is 158 Å². The van der Waals surface area contributed by atoms with E-state index in [4.69, 9.17) is 14.3 Å². The Morgan fingerprint density at radius 3 is 2.16 bits per heavy atom. The highest BCUT2D eigenvalue weighted by atomic mass is 16.5. The van der Waals surface area contributed by atoms with E-state index in [9.17, 15) is 30.0 Å². The largest absolute Gasteiger partial charge is 0.508 e. The molecule has 0 aliphatic rings. The zero-order valence-corrected chi connectivity index (χ0v) is 16.6. The Hall–Kier alpha value is -4.66. The van der Waals surface area contributed by atoms with Crippen molar-refractivity contribution in [3.63, 3.8) is 0 Å². The maximum Gasteiger partial charge on any atom is 0.238 e. The Morgan fingerprint density at radius 1 is 0.844 bits per heavy atom. The van der Waals surface area contributed by atoms with Crippen molar-refractivity contribution in [3.05, 3.63) is 70.4 Å². The molecule has 0 radical (unpaired) electrons. The van der Waals surface area contributed by atoms with Crippen molar-refractivity contribution < 1.29 is 39.5 Å². The lowest BCUT2D eigenvalue weighted by atomic mass is 10.1. The number of carbonyl (C=O) groups is 1. The summed E-state index contributed by atoms with van der Waals surface area (Å²) >= 11 is 0. The second-order valence-electron chi connectivity index (χ2n) is 6.54. The molecule has 0 saturated carbocycles. The van der Waals surface area contributed by atoms with E-state index in [2.05, 4.69) is 0 Å². The molecule has 0 saturated heterocycles. The summed E-state index contributed by atoms with van der Waals surface area (Å²) in [5.74, 6) is -1.15. The second-order valence-corrected chi connectivity index (χ2v) is 6.54. The first-order chi connectivity index (χ1) is 15.2. The van der Waals surface area contributed by atoms with Crippen LogP contribution in [0, 0.1) is 0 Å². The Labute approximate surface area is 180 Å². The third-order valence-electron chi connectivity index (χ3n) is 4.40. The predicted molar refractivity (Wildman–Crippen MR) is 115 cm³/mol. The molecule has 0 bridgehead atoms. The molecule has 0 aliphatic carbocycles. The zero-order valence-electron chi connectivity index (χ0n) is 16.6. The van der Waals surface area contributed by atoms with E-state index in [0.29, 0.717) is 23.2 Å². The fourth-order valence-electron chi connectivity index (χ4n) is 2.85. The lowest BCUT2D eigenvalue weighted by molar-refractivity contribution is 0.112. The van der Waals surface area contributed by atoms with E-state index in [1.54, 1.807) is 0 Å². The van der Waals surface area contributed by atoms with Crippen molar-refractivity contribution in [1.82, 2.24) is 0 Å². The monoisotopic (exact) mass is 438 g/mol. The summed E-state index contributed by atoms with van der Waals surface area (Å²) in [6.45, 7) is 0. The first-order valence-corrected chi connectivity index (χ1v) is 9.08. The van der Waals surface area contributed by atoms with Crippen LogP contribution in [0.15, 0.2) is 63.8 Å². The number of aromatic hydroxyl groups is 5. The maximum atomic E-state index is 12.1. The molecule has 1 heterocycles. The second kappa shape index (κ2) is 9.00. The summed E-state index contributed by atoms with van der Waals surface area (Å²) in [7, 11) is 1.43. The van der Waals surface area contributed by atoms with Crippen LogP contribution < -0.4 is 10.2 Å². The summed E-state index contributed by atoms with van der Waals surface area (Å²) in [5, 5.41) is 47.2. The van der Waals surface area contributed by atoms with Gasteiger partial charge in [-0.05, 0) is 42.5 Å². The van der Waals surface area contributed by atoms with Gasteiger partial charge in [-0.2, -0.15) is 0 Å². The maximum absolute atomic E-state index is 12.1. The van der Waals surface area contributed by atoms with Gasteiger partial charge in [0.15, 0.2) is 17.3 Å². The number of hydrogen-bond donors (Lipinski definition) is 5. The van der Waals surface area contributed by atoms with Crippen molar-refractivity contribution in [1.29, 1.82) is 0 Å². The van der Waals surface area contributed by atoms with E-state index in [0.717, 1.165) is 6.07 Å². The van der Waals surface area contributed by atoms with Gasteiger partial charge in [-0.1, -0.05) is 0 Å². The smallest absolute Gasteiger partial charge is 0.238 e. The Kier molecular flexibility index (Phi) is 6.20. The van der Waals surface area contributed by atoms with E-state index in [1.807, 2.05) is 0 Å². The average molecular weight is 438 g/mol. The third-order valence-corrected chi connectivity index (χ3v) is 4.40. The van der Waals surface area contributed by atoms with Crippen LogP contribution in [-0.4, -0.2) is 38.9 Å². The van der Waals surface area contributed by atoms with Crippen LogP contribution in [0.1, 0.15) is 10.4 Å². The third kappa shape index (κ3) is 4.41. The predicted octanol–water partition coefficient (Wildman–Crippen LogP) is 3.50. The quantitative estimate of drug-likeness (QED) is 0.302. The first-order valence-electron chi connectivity index (χ1n) is 9.08. The summed E-state index contributed by atoms with van der Waals surface area (Å²) < 4.78 is 10.2. The van der Waals surface area contributed by atoms with E-state index < -0.39 is 16.9 Å². The van der Waals surface area contributed by atoms with Gasteiger partial charge in [-0.3, -0.25) is 9.59 Å².